The molecule has 0 bridgehead atoms. The first kappa shape index (κ1) is 18.7. The summed E-state index contributed by atoms with van der Waals surface area (Å²) in [6, 6.07) is 8.34. The van der Waals surface area contributed by atoms with Gasteiger partial charge in [-0.2, -0.15) is 5.26 Å². The molecule has 144 valence electrons. The molecule has 1 aromatic carbocycles. The second kappa shape index (κ2) is 7.42. The molecule has 3 fully saturated rings. The quantitative estimate of drug-likeness (QED) is 0.826. The molecule has 2 aliphatic carbocycles. The highest BCUT2D eigenvalue weighted by molar-refractivity contribution is 7.99. The van der Waals surface area contributed by atoms with Crippen LogP contribution in [0.15, 0.2) is 24.3 Å². The molecule has 1 aliphatic heterocycles. The first-order valence-electron chi connectivity index (χ1n) is 9.47. The van der Waals surface area contributed by atoms with Crippen LogP contribution in [0.25, 0.3) is 0 Å². The Hall–Kier alpha value is -1.62. The van der Waals surface area contributed by atoms with E-state index in [2.05, 4.69) is 11.4 Å². The number of hydrogen-bond acceptors (Lipinski definition) is 5. The predicted molar refractivity (Wildman–Crippen MR) is 101 cm³/mol. The van der Waals surface area contributed by atoms with Crippen molar-refractivity contribution in [1.29, 1.82) is 5.26 Å². The molecule has 0 radical (unpaired) electrons. The lowest BCUT2D eigenvalue weighted by Gasteiger charge is -2.26. The molecule has 2 saturated carbocycles. The van der Waals surface area contributed by atoms with E-state index in [0.29, 0.717) is 36.3 Å². The molecule has 1 heterocycles. The number of nitrogens with zero attached hydrogens (tertiary/aromatic N) is 2. The number of amides is 1. The van der Waals surface area contributed by atoms with Gasteiger partial charge in [0.1, 0.15) is 11.9 Å². The standard InChI is InChI=1S/C20H24FN3O2S/c21-16-3-1-15(2-4-16)20(26)7-13-5-17(6-14(13)8-20)23-10-19(25)24-12-27-11-18(24)9-22/h1-4,13-14,17-18,23,26H,5-8,10-12H2/t13-,14+,17?,18-,20-/m1/s1. The summed E-state index contributed by atoms with van der Waals surface area (Å²) in [5.41, 5.74) is -0.0663. The number of nitriles is 1. The molecule has 2 N–H and O–H groups in total. The van der Waals surface area contributed by atoms with E-state index < -0.39 is 5.60 Å². The Bertz CT molecular complexity index is 737. The van der Waals surface area contributed by atoms with Gasteiger partial charge in [-0.1, -0.05) is 12.1 Å². The maximum atomic E-state index is 13.1. The number of aliphatic hydroxyl groups is 1. The Morgan fingerprint density at radius 3 is 2.63 bits per heavy atom. The number of rotatable bonds is 4. The SMILES string of the molecule is N#C[C@@H]1CSCN1C(=O)CNC1C[C@@H]2C[C@](O)(c3ccc(F)cc3)C[C@@H]2C1. The Morgan fingerprint density at radius 1 is 1.33 bits per heavy atom. The fraction of sp³-hybridized carbons (Fsp3) is 0.600. The molecule has 3 aliphatic rings. The van der Waals surface area contributed by atoms with Gasteiger partial charge in [0.25, 0.3) is 0 Å². The van der Waals surface area contributed by atoms with Gasteiger partial charge in [0.05, 0.1) is 24.1 Å². The number of halogens is 1. The van der Waals surface area contributed by atoms with Crippen LogP contribution in [-0.4, -0.2) is 46.2 Å². The molecule has 0 aromatic heterocycles. The Balaban J connectivity index is 1.29. The van der Waals surface area contributed by atoms with E-state index in [0.717, 1.165) is 18.4 Å². The van der Waals surface area contributed by atoms with Crippen molar-refractivity contribution in [1.82, 2.24) is 10.2 Å². The minimum atomic E-state index is -0.864. The number of benzene rings is 1. The van der Waals surface area contributed by atoms with Crippen molar-refractivity contribution in [2.75, 3.05) is 18.2 Å². The smallest absolute Gasteiger partial charge is 0.238 e. The first-order valence-corrected chi connectivity index (χ1v) is 10.6. The number of carbonyl (C=O) groups excluding carboxylic acids is 1. The zero-order valence-corrected chi connectivity index (χ0v) is 15.9. The summed E-state index contributed by atoms with van der Waals surface area (Å²) >= 11 is 1.62. The highest BCUT2D eigenvalue weighted by Crippen LogP contribution is 2.52. The minimum absolute atomic E-state index is 0.00794. The largest absolute Gasteiger partial charge is 0.385 e. The summed E-state index contributed by atoms with van der Waals surface area (Å²) in [4.78, 5) is 14.0. The van der Waals surface area contributed by atoms with Crippen molar-refractivity contribution in [3.05, 3.63) is 35.6 Å². The molecular formula is C20H24FN3O2S. The van der Waals surface area contributed by atoms with Gasteiger partial charge in [0, 0.05) is 11.8 Å². The third-order valence-electron chi connectivity index (χ3n) is 6.32. The van der Waals surface area contributed by atoms with Crippen LogP contribution in [0.1, 0.15) is 31.2 Å². The molecule has 7 heteroatoms. The van der Waals surface area contributed by atoms with E-state index in [4.69, 9.17) is 5.26 Å². The van der Waals surface area contributed by atoms with Crippen molar-refractivity contribution in [3.63, 3.8) is 0 Å². The van der Waals surface area contributed by atoms with Crippen molar-refractivity contribution in [3.8, 4) is 6.07 Å². The van der Waals surface area contributed by atoms with Crippen molar-refractivity contribution >= 4 is 17.7 Å². The second-order valence-corrected chi connectivity index (χ2v) is 9.02. The van der Waals surface area contributed by atoms with Crippen LogP contribution in [0.4, 0.5) is 4.39 Å². The summed E-state index contributed by atoms with van der Waals surface area (Å²) in [6.07, 6.45) is 3.26. The third-order valence-corrected chi connectivity index (χ3v) is 7.33. The normalized spacial score (nSPS) is 35.2. The number of carbonyl (C=O) groups is 1. The molecule has 0 spiro atoms. The van der Waals surface area contributed by atoms with E-state index in [9.17, 15) is 14.3 Å². The van der Waals surface area contributed by atoms with Crippen molar-refractivity contribution < 1.29 is 14.3 Å². The molecule has 5 nitrogen and oxygen atoms in total. The van der Waals surface area contributed by atoms with E-state index in [1.807, 2.05) is 0 Å². The van der Waals surface area contributed by atoms with Crippen LogP contribution in [0.5, 0.6) is 0 Å². The van der Waals surface area contributed by atoms with Gasteiger partial charge in [0.15, 0.2) is 0 Å². The fourth-order valence-electron chi connectivity index (χ4n) is 4.95. The second-order valence-electron chi connectivity index (χ2n) is 8.02. The lowest BCUT2D eigenvalue weighted by atomic mass is 9.89. The van der Waals surface area contributed by atoms with Gasteiger partial charge < -0.3 is 15.3 Å². The van der Waals surface area contributed by atoms with Gasteiger partial charge in [0.2, 0.25) is 5.91 Å². The number of fused-ring (bicyclic) bond motifs is 1. The van der Waals surface area contributed by atoms with Gasteiger partial charge in [-0.25, -0.2) is 4.39 Å². The molecule has 1 saturated heterocycles. The average Bonchev–Trinajstić information content (AvgIpc) is 3.33. The lowest BCUT2D eigenvalue weighted by Crippen LogP contribution is -2.43. The molecular weight excluding hydrogens is 365 g/mol. The molecule has 1 aromatic rings. The Kier molecular flexibility index (Phi) is 5.15. The maximum Gasteiger partial charge on any atom is 0.238 e. The van der Waals surface area contributed by atoms with Crippen LogP contribution in [0.2, 0.25) is 0 Å². The van der Waals surface area contributed by atoms with Crippen LogP contribution in [0.3, 0.4) is 0 Å². The molecule has 1 unspecified atom stereocenters. The Labute approximate surface area is 162 Å². The fourth-order valence-corrected chi connectivity index (χ4v) is 6.06. The average molecular weight is 389 g/mol. The summed E-state index contributed by atoms with van der Waals surface area (Å²) in [5, 5.41) is 23.5. The van der Waals surface area contributed by atoms with Gasteiger partial charge >= 0.3 is 0 Å². The summed E-state index contributed by atoms with van der Waals surface area (Å²) in [5.74, 6) is 1.83. The van der Waals surface area contributed by atoms with Crippen LogP contribution >= 0.6 is 11.8 Å². The maximum absolute atomic E-state index is 13.1. The van der Waals surface area contributed by atoms with Crippen LogP contribution in [-0.2, 0) is 10.4 Å². The summed E-state index contributed by atoms with van der Waals surface area (Å²) in [6.45, 7) is 0.269. The number of hydrogen-bond donors (Lipinski definition) is 2. The highest BCUT2D eigenvalue weighted by Gasteiger charge is 2.49. The number of thioether (sulfide) groups is 1. The van der Waals surface area contributed by atoms with E-state index >= 15 is 0 Å². The highest BCUT2D eigenvalue weighted by atomic mass is 32.2. The first-order chi connectivity index (χ1) is 13.0. The van der Waals surface area contributed by atoms with Crippen molar-refractivity contribution in [2.24, 2.45) is 11.8 Å². The molecule has 4 rings (SSSR count). The van der Waals surface area contributed by atoms with E-state index in [-0.39, 0.29) is 30.4 Å². The number of nitrogens with one attached hydrogen (secondary N) is 1. The minimum Gasteiger partial charge on any atom is -0.385 e. The lowest BCUT2D eigenvalue weighted by molar-refractivity contribution is -0.129. The van der Waals surface area contributed by atoms with Gasteiger partial charge in [-0.15, -0.1) is 11.8 Å². The summed E-state index contributed by atoms with van der Waals surface area (Å²) in [7, 11) is 0. The third kappa shape index (κ3) is 3.71. The van der Waals surface area contributed by atoms with E-state index in [1.54, 1.807) is 28.8 Å². The van der Waals surface area contributed by atoms with Gasteiger partial charge in [-0.3, -0.25) is 4.79 Å². The topological polar surface area (TPSA) is 76.4 Å². The van der Waals surface area contributed by atoms with Gasteiger partial charge in [-0.05, 0) is 55.2 Å². The van der Waals surface area contributed by atoms with Crippen LogP contribution in [0, 0.1) is 29.0 Å². The van der Waals surface area contributed by atoms with Crippen LogP contribution < -0.4 is 5.32 Å². The van der Waals surface area contributed by atoms with Crippen molar-refractivity contribution in [2.45, 2.75) is 43.4 Å². The zero-order valence-electron chi connectivity index (χ0n) is 15.1. The Morgan fingerprint density at radius 2 is 2.00 bits per heavy atom. The summed E-state index contributed by atoms with van der Waals surface area (Å²) < 4.78 is 13.1. The molecule has 27 heavy (non-hydrogen) atoms. The zero-order chi connectivity index (χ0) is 19.0. The van der Waals surface area contributed by atoms with E-state index in [1.165, 1.54) is 12.1 Å². The monoisotopic (exact) mass is 389 g/mol. The molecule has 1 amide bonds. The predicted octanol–water partition coefficient (Wildman–Crippen LogP) is 2.22. The molecule has 5 atom stereocenters.